The van der Waals surface area contributed by atoms with Crippen LogP contribution in [0.4, 0.5) is 10.1 Å². The Balaban J connectivity index is 1.54. The molecule has 0 radical (unpaired) electrons. The van der Waals surface area contributed by atoms with Gasteiger partial charge >= 0.3 is 0 Å². The van der Waals surface area contributed by atoms with Gasteiger partial charge in [-0.05, 0) is 55.8 Å². The molecule has 0 aliphatic carbocycles. The highest BCUT2D eigenvalue weighted by Gasteiger charge is 2.18. The van der Waals surface area contributed by atoms with Crippen molar-refractivity contribution in [1.29, 1.82) is 0 Å². The molecule has 0 spiro atoms. The lowest BCUT2D eigenvalue weighted by molar-refractivity contribution is -0.113. The van der Waals surface area contributed by atoms with Crippen molar-refractivity contribution < 1.29 is 9.18 Å². The number of nitrogens with zero attached hydrogens (tertiary/aromatic N) is 2. The van der Waals surface area contributed by atoms with Gasteiger partial charge in [0.2, 0.25) is 5.91 Å². The van der Waals surface area contributed by atoms with Gasteiger partial charge in [0, 0.05) is 16.6 Å². The summed E-state index contributed by atoms with van der Waals surface area (Å²) in [5, 5.41) is 4.09. The maximum Gasteiger partial charge on any atom is 0.283 e. The van der Waals surface area contributed by atoms with Crippen molar-refractivity contribution in [3.8, 4) is 5.69 Å². The van der Waals surface area contributed by atoms with Gasteiger partial charge < -0.3 is 10.3 Å². The van der Waals surface area contributed by atoms with Crippen LogP contribution in [-0.4, -0.2) is 26.2 Å². The zero-order valence-corrected chi connectivity index (χ0v) is 19.4. The maximum atomic E-state index is 13.5. The number of para-hydroxylation sites is 1. The monoisotopic (exact) mass is 472 g/mol. The van der Waals surface area contributed by atoms with Crippen LogP contribution in [0.15, 0.2) is 76.7 Å². The van der Waals surface area contributed by atoms with E-state index >= 15 is 0 Å². The highest BCUT2D eigenvalue weighted by atomic mass is 32.2. The number of hydrogen-bond acceptors (Lipinski definition) is 4. The van der Waals surface area contributed by atoms with E-state index in [-0.39, 0.29) is 17.2 Å². The van der Waals surface area contributed by atoms with Crippen molar-refractivity contribution in [2.75, 3.05) is 11.1 Å². The highest BCUT2D eigenvalue weighted by molar-refractivity contribution is 7.99. The summed E-state index contributed by atoms with van der Waals surface area (Å²) >= 11 is 1.16. The highest BCUT2D eigenvalue weighted by Crippen LogP contribution is 2.27. The molecular formula is C26H21FN4O2S. The van der Waals surface area contributed by atoms with Crippen molar-refractivity contribution in [2.24, 2.45) is 0 Å². The number of rotatable bonds is 5. The minimum Gasteiger partial charge on any atom is -0.349 e. The predicted octanol–water partition coefficient (Wildman–Crippen LogP) is 5.35. The Morgan fingerprint density at radius 3 is 2.62 bits per heavy atom. The molecule has 2 aromatic heterocycles. The van der Waals surface area contributed by atoms with Crippen LogP contribution >= 0.6 is 11.8 Å². The molecule has 5 rings (SSSR count). The van der Waals surface area contributed by atoms with Gasteiger partial charge in [0.1, 0.15) is 16.9 Å². The van der Waals surface area contributed by atoms with E-state index in [0.717, 1.165) is 39.5 Å². The standard InChI is InChI=1S/C26H21FN4O2S/c1-15-7-12-20(16(2)13-15)28-22(32)14-34-26-30-23-19-5-3-4-6-21(19)29-24(23)25(33)31(26)18-10-8-17(27)9-11-18/h3-13,29H,14H2,1-2H3,(H,28,32). The number of H-pyrrole nitrogens is 1. The van der Waals surface area contributed by atoms with E-state index in [4.69, 9.17) is 4.98 Å². The third-order valence-electron chi connectivity index (χ3n) is 5.57. The number of aromatic nitrogens is 3. The van der Waals surface area contributed by atoms with E-state index in [9.17, 15) is 14.0 Å². The van der Waals surface area contributed by atoms with E-state index in [0.29, 0.717) is 21.9 Å². The van der Waals surface area contributed by atoms with Crippen molar-refractivity contribution in [1.82, 2.24) is 14.5 Å². The van der Waals surface area contributed by atoms with Crippen LogP contribution in [0, 0.1) is 19.7 Å². The molecular weight excluding hydrogens is 451 g/mol. The van der Waals surface area contributed by atoms with Crippen molar-refractivity contribution in [3.63, 3.8) is 0 Å². The predicted molar refractivity (Wildman–Crippen MR) is 134 cm³/mol. The van der Waals surface area contributed by atoms with Crippen LogP contribution in [-0.2, 0) is 4.79 Å². The Morgan fingerprint density at radius 1 is 1.09 bits per heavy atom. The molecule has 5 aromatic rings. The summed E-state index contributed by atoms with van der Waals surface area (Å²) in [5.74, 6) is -0.566. The minimum atomic E-state index is -0.404. The first kappa shape index (κ1) is 21.9. The molecule has 0 atom stereocenters. The van der Waals surface area contributed by atoms with Crippen molar-refractivity contribution >= 4 is 45.3 Å². The average molecular weight is 473 g/mol. The van der Waals surface area contributed by atoms with Gasteiger partial charge in [0.05, 0.1) is 11.4 Å². The number of nitrogens with one attached hydrogen (secondary N) is 2. The van der Waals surface area contributed by atoms with Crippen LogP contribution in [0.1, 0.15) is 11.1 Å². The lowest BCUT2D eigenvalue weighted by Crippen LogP contribution is -2.23. The Morgan fingerprint density at radius 2 is 1.85 bits per heavy atom. The second kappa shape index (κ2) is 8.79. The summed E-state index contributed by atoms with van der Waals surface area (Å²) in [5.41, 5.74) is 4.67. The first-order chi connectivity index (χ1) is 16.4. The summed E-state index contributed by atoms with van der Waals surface area (Å²) in [4.78, 5) is 34.1. The van der Waals surface area contributed by atoms with Gasteiger partial charge in [0.15, 0.2) is 5.16 Å². The van der Waals surface area contributed by atoms with Gasteiger partial charge in [-0.2, -0.15) is 0 Å². The Kier molecular flexibility index (Phi) is 5.67. The zero-order chi connectivity index (χ0) is 23.8. The first-order valence-corrected chi connectivity index (χ1v) is 11.7. The number of aryl methyl sites for hydroxylation is 2. The number of amides is 1. The first-order valence-electron chi connectivity index (χ1n) is 10.7. The molecule has 6 nitrogen and oxygen atoms in total. The van der Waals surface area contributed by atoms with E-state index < -0.39 is 5.82 Å². The smallest absolute Gasteiger partial charge is 0.283 e. The molecule has 34 heavy (non-hydrogen) atoms. The molecule has 2 N–H and O–H groups in total. The molecule has 0 aliphatic heterocycles. The summed E-state index contributed by atoms with van der Waals surface area (Å²) in [6.45, 7) is 3.93. The average Bonchev–Trinajstić information content (AvgIpc) is 3.20. The lowest BCUT2D eigenvalue weighted by Gasteiger charge is -2.13. The molecule has 2 heterocycles. The zero-order valence-electron chi connectivity index (χ0n) is 18.6. The number of thioether (sulfide) groups is 1. The topological polar surface area (TPSA) is 79.8 Å². The van der Waals surface area contributed by atoms with Crippen LogP contribution in [0.2, 0.25) is 0 Å². The number of carbonyl (C=O) groups is 1. The fraction of sp³-hybridized carbons (Fsp3) is 0.115. The largest absolute Gasteiger partial charge is 0.349 e. The van der Waals surface area contributed by atoms with Gasteiger partial charge in [-0.3, -0.25) is 14.2 Å². The molecule has 0 unspecified atom stereocenters. The Labute approximate surface area is 198 Å². The third-order valence-corrected chi connectivity index (χ3v) is 6.51. The molecule has 0 bridgehead atoms. The molecule has 0 saturated carbocycles. The molecule has 0 saturated heterocycles. The number of aromatic amines is 1. The van der Waals surface area contributed by atoms with E-state index in [1.807, 2.05) is 56.3 Å². The van der Waals surface area contributed by atoms with Gasteiger partial charge in [-0.15, -0.1) is 0 Å². The number of anilines is 1. The van der Waals surface area contributed by atoms with Gasteiger partial charge in [0.25, 0.3) is 5.56 Å². The summed E-state index contributed by atoms with van der Waals surface area (Å²) < 4.78 is 15.0. The molecule has 0 aliphatic rings. The second-order valence-electron chi connectivity index (χ2n) is 8.06. The second-order valence-corrected chi connectivity index (χ2v) is 9.00. The number of hydrogen-bond donors (Lipinski definition) is 2. The molecule has 1 amide bonds. The maximum absolute atomic E-state index is 13.5. The summed E-state index contributed by atoms with van der Waals surface area (Å²) in [7, 11) is 0. The van der Waals surface area contributed by atoms with Crippen LogP contribution in [0.25, 0.3) is 27.6 Å². The van der Waals surface area contributed by atoms with E-state index in [1.165, 1.54) is 28.8 Å². The molecule has 170 valence electrons. The minimum absolute atomic E-state index is 0.0504. The molecule has 0 fully saturated rings. The van der Waals surface area contributed by atoms with Crippen LogP contribution < -0.4 is 10.9 Å². The fourth-order valence-electron chi connectivity index (χ4n) is 3.93. The number of carbonyl (C=O) groups excluding carboxylic acids is 1. The summed E-state index contributed by atoms with van der Waals surface area (Å²) in [6, 6.07) is 19.0. The Hall–Kier alpha value is -3.91. The van der Waals surface area contributed by atoms with Gasteiger partial charge in [-0.1, -0.05) is 47.7 Å². The molecule has 3 aromatic carbocycles. The number of halogens is 1. The number of benzene rings is 3. The van der Waals surface area contributed by atoms with Crippen molar-refractivity contribution in [2.45, 2.75) is 19.0 Å². The summed E-state index contributed by atoms with van der Waals surface area (Å²) in [6.07, 6.45) is 0. The Bertz CT molecular complexity index is 1610. The van der Waals surface area contributed by atoms with Crippen LogP contribution in [0.3, 0.4) is 0 Å². The molecule has 8 heteroatoms. The SMILES string of the molecule is Cc1ccc(NC(=O)CSc2nc3c([nH]c4ccccc43)c(=O)n2-c2ccc(F)cc2)c(C)c1. The van der Waals surface area contributed by atoms with E-state index in [1.54, 1.807) is 0 Å². The normalized spacial score (nSPS) is 11.3. The van der Waals surface area contributed by atoms with E-state index in [2.05, 4.69) is 10.3 Å². The quantitative estimate of drug-likeness (QED) is 0.267. The third kappa shape index (κ3) is 4.08. The van der Waals surface area contributed by atoms with Crippen LogP contribution in [0.5, 0.6) is 0 Å². The fourth-order valence-corrected chi connectivity index (χ4v) is 4.73. The van der Waals surface area contributed by atoms with Gasteiger partial charge in [-0.25, -0.2) is 9.37 Å². The van der Waals surface area contributed by atoms with Crippen molar-refractivity contribution in [3.05, 3.63) is 94.0 Å². The lowest BCUT2D eigenvalue weighted by atomic mass is 10.1. The number of fused-ring (bicyclic) bond motifs is 3.